The second-order valence-electron chi connectivity index (χ2n) is 5.88. The van der Waals surface area contributed by atoms with Crippen LogP contribution < -0.4 is 5.73 Å². The number of likely N-dealkylation sites (N-methyl/N-ethyl adjacent to an activating group) is 1. The second kappa shape index (κ2) is 7.41. The number of ether oxygens (including phenoxy) is 1. The second-order valence-corrected chi connectivity index (χ2v) is 6.31. The number of hydrogen-bond donors (Lipinski definition) is 1. The number of halogens is 1. The van der Waals surface area contributed by atoms with Crippen LogP contribution in [0.15, 0.2) is 24.3 Å². The molecule has 1 aromatic rings. The van der Waals surface area contributed by atoms with E-state index in [0.29, 0.717) is 5.92 Å². The Morgan fingerprint density at radius 1 is 1.40 bits per heavy atom. The maximum Gasteiger partial charge on any atom is 0.0506 e. The first-order valence-corrected chi connectivity index (χ1v) is 7.74. The van der Waals surface area contributed by atoms with Crippen molar-refractivity contribution in [3.8, 4) is 0 Å². The molecule has 1 aromatic carbocycles. The smallest absolute Gasteiger partial charge is 0.0506 e. The zero-order chi connectivity index (χ0) is 14.5. The van der Waals surface area contributed by atoms with Gasteiger partial charge in [0.2, 0.25) is 0 Å². The van der Waals surface area contributed by atoms with Gasteiger partial charge in [-0.1, -0.05) is 23.7 Å². The standard InChI is InChI=1S/C16H25ClN2O/c1-12(18)16(14-5-7-15(17)8-6-14)19(2)10-13-4-3-9-20-11-13/h5-8,12-13,16H,3-4,9-11,18H2,1-2H3. The van der Waals surface area contributed by atoms with Crippen LogP contribution in [0.1, 0.15) is 31.4 Å². The quantitative estimate of drug-likeness (QED) is 0.907. The van der Waals surface area contributed by atoms with Gasteiger partial charge < -0.3 is 10.5 Å². The lowest BCUT2D eigenvalue weighted by Crippen LogP contribution is -2.41. The van der Waals surface area contributed by atoms with Crippen LogP contribution in [0.3, 0.4) is 0 Å². The molecular formula is C16H25ClN2O. The largest absolute Gasteiger partial charge is 0.381 e. The minimum atomic E-state index is 0.0747. The molecule has 0 saturated carbocycles. The Kier molecular flexibility index (Phi) is 5.85. The Hall–Kier alpha value is -0.610. The Balaban J connectivity index is 2.05. The summed E-state index contributed by atoms with van der Waals surface area (Å²) in [6, 6.07) is 8.31. The minimum Gasteiger partial charge on any atom is -0.381 e. The summed E-state index contributed by atoms with van der Waals surface area (Å²) < 4.78 is 5.57. The number of nitrogens with two attached hydrogens (primary N) is 1. The number of hydrogen-bond acceptors (Lipinski definition) is 3. The van der Waals surface area contributed by atoms with E-state index in [4.69, 9.17) is 22.1 Å². The minimum absolute atomic E-state index is 0.0747. The van der Waals surface area contributed by atoms with Crippen molar-refractivity contribution in [1.82, 2.24) is 4.90 Å². The fraction of sp³-hybridized carbons (Fsp3) is 0.625. The van der Waals surface area contributed by atoms with Crippen LogP contribution in [0.2, 0.25) is 5.02 Å². The summed E-state index contributed by atoms with van der Waals surface area (Å²) in [7, 11) is 2.15. The summed E-state index contributed by atoms with van der Waals surface area (Å²) >= 11 is 5.97. The third-order valence-electron chi connectivity index (χ3n) is 3.99. The van der Waals surface area contributed by atoms with Crippen molar-refractivity contribution in [2.24, 2.45) is 11.7 Å². The van der Waals surface area contributed by atoms with Gasteiger partial charge in [0.25, 0.3) is 0 Å². The zero-order valence-corrected chi connectivity index (χ0v) is 13.1. The van der Waals surface area contributed by atoms with Crippen molar-refractivity contribution in [1.29, 1.82) is 0 Å². The summed E-state index contributed by atoms with van der Waals surface area (Å²) in [5, 5.41) is 0.764. The molecular weight excluding hydrogens is 272 g/mol. The van der Waals surface area contributed by atoms with E-state index >= 15 is 0 Å². The Morgan fingerprint density at radius 3 is 2.65 bits per heavy atom. The molecule has 0 aromatic heterocycles. The number of rotatable bonds is 5. The fourth-order valence-electron chi connectivity index (χ4n) is 3.09. The highest BCUT2D eigenvalue weighted by Gasteiger charge is 2.24. The van der Waals surface area contributed by atoms with Gasteiger partial charge in [-0.05, 0) is 50.4 Å². The molecule has 1 aliphatic rings. The fourth-order valence-corrected chi connectivity index (χ4v) is 3.22. The topological polar surface area (TPSA) is 38.5 Å². The monoisotopic (exact) mass is 296 g/mol. The predicted molar refractivity (Wildman–Crippen MR) is 84.0 cm³/mol. The van der Waals surface area contributed by atoms with E-state index in [-0.39, 0.29) is 12.1 Å². The normalized spacial score (nSPS) is 22.8. The molecule has 0 amide bonds. The highest BCUT2D eigenvalue weighted by Crippen LogP contribution is 2.26. The lowest BCUT2D eigenvalue weighted by atomic mass is 9.96. The molecule has 3 unspecified atom stereocenters. The van der Waals surface area contributed by atoms with Gasteiger partial charge in [-0.2, -0.15) is 0 Å². The lowest BCUT2D eigenvalue weighted by Gasteiger charge is -2.35. The van der Waals surface area contributed by atoms with Gasteiger partial charge in [-0.15, -0.1) is 0 Å². The molecule has 3 nitrogen and oxygen atoms in total. The molecule has 0 radical (unpaired) electrons. The number of nitrogens with zero attached hydrogens (tertiary/aromatic N) is 1. The SMILES string of the molecule is CC(N)C(c1ccc(Cl)cc1)N(C)CC1CCCOC1. The molecule has 0 aliphatic carbocycles. The van der Waals surface area contributed by atoms with Crippen molar-refractivity contribution >= 4 is 11.6 Å². The third-order valence-corrected chi connectivity index (χ3v) is 4.24. The van der Waals surface area contributed by atoms with Crippen molar-refractivity contribution in [2.45, 2.75) is 31.8 Å². The van der Waals surface area contributed by atoms with E-state index in [1.165, 1.54) is 18.4 Å². The van der Waals surface area contributed by atoms with Crippen LogP contribution in [0.5, 0.6) is 0 Å². The first kappa shape index (κ1) is 15.8. The van der Waals surface area contributed by atoms with Crippen molar-refractivity contribution in [2.75, 3.05) is 26.8 Å². The molecule has 20 heavy (non-hydrogen) atoms. The molecule has 1 saturated heterocycles. The average molecular weight is 297 g/mol. The molecule has 2 rings (SSSR count). The summed E-state index contributed by atoms with van der Waals surface area (Å²) in [4.78, 5) is 2.35. The molecule has 0 bridgehead atoms. The first-order valence-electron chi connectivity index (χ1n) is 7.37. The van der Waals surface area contributed by atoms with Gasteiger partial charge in [0, 0.05) is 30.3 Å². The van der Waals surface area contributed by atoms with Crippen LogP contribution in [0.25, 0.3) is 0 Å². The Labute approximate surface area is 127 Å². The van der Waals surface area contributed by atoms with Crippen LogP contribution in [-0.4, -0.2) is 37.7 Å². The third kappa shape index (κ3) is 4.19. The van der Waals surface area contributed by atoms with Gasteiger partial charge in [0.05, 0.1) is 6.61 Å². The molecule has 2 N–H and O–H groups in total. The van der Waals surface area contributed by atoms with Crippen LogP contribution in [0.4, 0.5) is 0 Å². The summed E-state index contributed by atoms with van der Waals surface area (Å²) in [6.07, 6.45) is 2.42. The summed E-state index contributed by atoms with van der Waals surface area (Å²) in [5.41, 5.74) is 7.43. The lowest BCUT2D eigenvalue weighted by molar-refractivity contribution is 0.0344. The van der Waals surface area contributed by atoms with E-state index < -0.39 is 0 Å². The van der Waals surface area contributed by atoms with Gasteiger partial charge in [0.1, 0.15) is 0 Å². The van der Waals surface area contributed by atoms with Crippen molar-refractivity contribution < 1.29 is 4.74 Å². The highest BCUT2D eigenvalue weighted by atomic mass is 35.5. The molecule has 1 heterocycles. The number of benzene rings is 1. The van der Waals surface area contributed by atoms with Crippen LogP contribution in [-0.2, 0) is 4.74 Å². The van der Waals surface area contributed by atoms with Crippen LogP contribution >= 0.6 is 11.6 Å². The molecule has 1 aliphatic heterocycles. The Bertz CT molecular complexity index is 401. The van der Waals surface area contributed by atoms with Gasteiger partial charge in [-0.3, -0.25) is 4.90 Å². The maximum absolute atomic E-state index is 6.21. The van der Waals surface area contributed by atoms with E-state index in [2.05, 4.69) is 31.0 Å². The first-order chi connectivity index (χ1) is 9.58. The molecule has 3 atom stereocenters. The zero-order valence-electron chi connectivity index (χ0n) is 12.4. The maximum atomic E-state index is 6.21. The van der Waals surface area contributed by atoms with E-state index in [1.54, 1.807) is 0 Å². The molecule has 1 fully saturated rings. The summed E-state index contributed by atoms with van der Waals surface area (Å²) in [5.74, 6) is 0.613. The van der Waals surface area contributed by atoms with Gasteiger partial charge in [0.15, 0.2) is 0 Å². The average Bonchev–Trinajstić information content (AvgIpc) is 2.42. The van der Waals surface area contributed by atoms with Gasteiger partial charge >= 0.3 is 0 Å². The molecule has 4 heteroatoms. The molecule has 112 valence electrons. The van der Waals surface area contributed by atoms with Crippen molar-refractivity contribution in [3.63, 3.8) is 0 Å². The van der Waals surface area contributed by atoms with E-state index in [0.717, 1.165) is 24.8 Å². The summed E-state index contributed by atoms with van der Waals surface area (Å²) in [6.45, 7) is 4.87. The molecule has 0 spiro atoms. The van der Waals surface area contributed by atoms with E-state index in [1.807, 2.05) is 12.1 Å². The highest BCUT2D eigenvalue weighted by molar-refractivity contribution is 6.30. The van der Waals surface area contributed by atoms with Gasteiger partial charge in [-0.25, -0.2) is 0 Å². The van der Waals surface area contributed by atoms with Crippen molar-refractivity contribution in [3.05, 3.63) is 34.9 Å². The Morgan fingerprint density at radius 2 is 2.10 bits per heavy atom. The van der Waals surface area contributed by atoms with E-state index in [9.17, 15) is 0 Å². The predicted octanol–water partition coefficient (Wildman–Crippen LogP) is 3.09. The van der Waals surface area contributed by atoms with Crippen LogP contribution in [0, 0.1) is 5.92 Å².